The molecule has 2 aromatic heterocycles. The largest absolute Gasteiger partial charge is 0.309 e. The van der Waals surface area contributed by atoms with Crippen LogP contribution < -0.4 is 10.4 Å². The second kappa shape index (κ2) is 10.5. The molecule has 0 saturated heterocycles. The Labute approximate surface area is 180 Å². The zero-order valence-electron chi connectivity index (χ0n) is 17.6. The number of carbonyl (C=O) groups is 2. The number of nitrogens with zero attached hydrogens (tertiary/aromatic N) is 5. The molecule has 2 aromatic rings. The van der Waals surface area contributed by atoms with E-state index in [1.807, 2.05) is 13.0 Å². The third-order valence-corrected chi connectivity index (χ3v) is 6.14. The molecule has 1 N–H and O–H groups in total. The molecule has 30 heavy (non-hydrogen) atoms. The number of hydrogen-bond donors (Lipinski definition) is 1. The molecule has 0 radical (unpaired) electrons. The van der Waals surface area contributed by atoms with Crippen molar-refractivity contribution in [1.29, 1.82) is 0 Å². The van der Waals surface area contributed by atoms with Gasteiger partial charge in [0.15, 0.2) is 5.82 Å². The lowest BCUT2D eigenvalue weighted by Crippen LogP contribution is -2.30. The Morgan fingerprint density at radius 1 is 1.13 bits per heavy atom. The molecule has 1 fully saturated rings. The second-order valence-corrected chi connectivity index (χ2v) is 8.26. The molecule has 1 aliphatic carbocycles. The topological polar surface area (TPSA) is 110 Å². The van der Waals surface area contributed by atoms with Crippen molar-refractivity contribution in [3.05, 3.63) is 22.8 Å². The van der Waals surface area contributed by atoms with Crippen molar-refractivity contribution < 1.29 is 14.4 Å². The predicted molar refractivity (Wildman–Crippen MR) is 114 cm³/mol. The molecule has 1 saturated carbocycles. The van der Waals surface area contributed by atoms with Crippen molar-refractivity contribution in [1.82, 2.24) is 20.4 Å². The standard InChI is InChI=1S/C20H28N6O3S/c1-4-17(27)21-16-10-9-15(22-23-16)12-13-7-8-14(11-13)19-24-25-20(30-19)26(29-6-3)18(28)5-2/h9-10,13-14H,4-8,11-12H2,1-3H3,(H,21,23,27)/t13-,14+/m0/s1. The summed E-state index contributed by atoms with van der Waals surface area (Å²) in [4.78, 5) is 29.0. The number of rotatable bonds is 9. The zero-order chi connectivity index (χ0) is 21.5. The van der Waals surface area contributed by atoms with Gasteiger partial charge >= 0.3 is 0 Å². The van der Waals surface area contributed by atoms with Crippen molar-refractivity contribution >= 4 is 34.1 Å². The second-order valence-electron chi connectivity index (χ2n) is 7.27. The van der Waals surface area contributed by atoms with Crippen molar-refractivity contribution in [3.8, 4) is 0 Å². The monoisotopic (exact) mass is 432 g/mol. The summed E-state index contributed by atoms with van der Waals surface area (Å²) in [7, 11) is 0. The summed E-state index contributed by atoms with van der Waals surface area (Å²) < 4.78 is 0. The Morgan fingerprint density at radius 3 is 2.63 bits per heavy atom. The van der Waals surface area contributed by atoms with Gasteiger partial charge in [-0.15, -0.1) is 15.3 Å². The summed E-state index contributed by atoms with van der Waals surface area (Å²) in [6, 6.07) is 3.72. The lowest BCUT2D eigenvalue weighted by atomic mass is 10.00. The van der Waals surface area contributed by atoms with Crippen LogP contribution in [-0.4, -0.2) is 38.8 Å². The van der Waals surface area contributed by atoms with E-state index >= 15 is 0 Å². The van der Waals surface area contributed by atoms with E-state index in [0.717, 1.165) is 36.4 Å². The predicted octanol–water partition coefficient (Wildman–Crippen LogP) is 3.50. The van der Waals surface area contributed by atoms with Crippen LogP contribution in [0.2, 0.25) is 0 Å². The fourth-order valence-electron chi connectivity index (χ4n) is 3.53. The molecule has 3 rings (SSSR count). The SMILES string of the molecule is CCON(C(=O)CC)c1nnc([C@@H]2CC[C@H](Cc3ccc(NC(=O)CC)nn3)C2)s1. The number of carbonyl (C=O) groups excluding carboxylic acids is 2. The first-order chi connectivity index (χ1) is 14.5. The molecule has 2 atom stereocenters. The van der Waals surface area contributed by atoms with E-state index in [9.17, 15) is 9.59 Å². The van der Waals surface area contributed by atoms with Crippen molar-refractivity contribution in [2.75, 3.05) is 17.0 Å². The van der Waals surface area contributed by atoms with Gasteiger partial charge < -0.3 is 5.32 Å². The maximum atomic E-state index is 12.1. The fraction of sp³-hybridized carbons (Fsp3) is 0.600. The van der Waals surface area contributed by atoms with Gasteiger partial charge in [0.1, 0.15) is 5.01 Å². The van der Waals surface area contributed by atoms with Gasteiger partial charge in [-0.05, 0) is 50.7 Å². The molecule has 0 aromatic carbocycles. The van der Waals surface area contributed by atoms with Crippen molar-refractivity contribution in [2.24, 2.45) is 5.92 Å². The lowest BCUT2D eigenvalue weighted by molar-refractivity contribution is -0.125. The minimum absolute atomic E-state index is 0.0735. The molecular formula is C20H28N6O3S. The van der Waals surface area contributed by atoms with Crippen LogP contribution >= 0.6 is 11.3 Å². The molecule has 2 heterocycles. The Bertz CT molecular complexity index is 856. The quantitative estimate of drug-likeness (QED) is 0.604. The van der Waals surface area contributed by atoms with Crippen molar-refractivity contribution in [3.63, 3.8) is 0 Å². The van der Waals surface area contributed by atoms with Crippen LogP contribution in [0.5, 0.6) is 0 Å². The van der Waals surface area contributed by atoms with Gasteiger partial charge in [-0.2, -0.15) is 10.2 Å². The first-order valence-corrected chi connectivity index (χ1v) is 11.3. The van der Waals surface area contributed by atoms with Gasteiger partial charge in [0.05, 0.1) is 12.3 Å². The number of nitrogens with one attached hydrogen (secondary N) is 1. The Hall–Kier alpha value is -2.46. The summed E-state index contributed by atoms with van der Waals surface area (Å²) in [5.74, 6) is 1.11. The summed E-state index contributed by atoms with van der Waals surface area (Å²) in [5, 5.41) is 22.3. The Kier molecular flexibility index (Phi) is 7.81. The van der Waals surface area contributed by atoms with Crippen LogP contribution in [0.1, 0.15) is 69.5 Å². The minimum Gasteiger partial charge on any atom is -0.309 e. The Morgan fingerprint density at radius 2 is 1.97 bits per heavy atom. The van der Waals surface area contributed by atoms with Gasteiger partial charge in [0.25, 0.3) is 5.91 Å². The van der Waals surface area contributed by atoms with Crippen LogP contribution in [0.4, 0.5) is 10.9 Å². The van der Waals surface area contributed by atoms with E-state index in [0.29, 0.717) is 42.2 Å². The molecule has 0 unspecified atom stereocenters. The summed E-state index contributed by atoms with van der Waals surface area (Å²) >= 11 is 1.43. The third-order valence-electron chi connectivity index (χ3n) is 5.09. The van der Waals surface area contributed by atoms with E-state index in [1.165, 1.54) is 16.4 Å². The average molecular weight is 433 g/mol. The highest BCUT2D eigenvalue weighted by molar-refractivity contribution is 7.15. The van der Waals surface area contributed by atoms with Gasteiger partial charge in [-0.1, -0.05) is 25.2 Å². The maximum Gasteiger partial charge on any atom is 0.252 e. The van der Waals surface area contributed by atoms with Crippen LogP contribution in [-0.2, 0) is 20.8 Å². The molecule has 162 valence electrons. The summed E-state index contributed by atoms with van der Waals surface area (Å²) in [5.41, 5.74) is 0.921. The molecule has 0 spiro atoms. The highest BCUT2D eigenvalue weighted by Crippen LogP contribution is 2.41. The van der Waals surface area contributed by atoms with Crippen molar-refractivity contribution in [2.45, 2.75) is 65.2 Å². The number of hydroxylamine groups is 1. The van der Waals surface area contributed by atoms with Crippen LogP contribution in [0.3, 0.4) is 0 Å². The third kappa shape index (κ3) is 5.57. The van der Waals surface area contributed by atoms with Crippen LogP contribution in [0.25, 0.3) is 0 Å². The fourth-order valence-corrected chi connectivity index (χ4v) is 4.50. The average Bonchev–Trinajstić information content (AvgIpc) is 3.42. The van der Waals surface area contributed by atoms with E-state index in [1.54, 1.807) is 19.9 Å². The number of aromatic nitrogens is 4. The molecule has 10 heteroatoms. The first kappa shape index (κ1) is 22.2. The summed E-state index contributed by atoms with van der Waals surface area (Å²) in [6.07, 6.45) is 4.72. The highest BCUT2D eigenvalue weighted by Gasteiger charge is 2.30. The van der Waals surface area contributed by atoms with E-state index in [2.05, 4.69) is 25.7 Å². The van der Waals surface area contributed by atoms with Crippen LogP contribution in [0, 0.1) is 5.92 Å². The van der Waals surface area contributed by atoms with Gasteiger partial charge in [0, 0.05) is 18.8 Å². The Balaban J connectivity index is 1.57. The van der Waals surface area contributed by atoms with Gasteiger partial charge in [-0.3, -0.25) is 14.4 Å². The summed E-state index contributed by atoms with van der Waals surface area (Å²) in [6.45, 7) is 5.83. The zero-order valence-corrected chi connectivity index (χ0v) is 18.4. The molecule has 2 amide bonds. The lowest BCUT2D eigenvalue weighted by Gasteiger charge is -2.16. The van der Waals surface area contributed by atoms with E-state index < -0.39 is 0 Å². The smallest absolute Gasteiger partial charge is 0.252 e. The van der Waals surface area contributed by atoms with Gasteiger partial charge in [-0.25, -0.2) is 0 Å². The minimum atomic E-state index is -0.124. The van der Waals surface area contributed by atoms with E-state index in [4.69, 9.17) is 4.84 Å². The van der Waals surface area contributed by atoms with Gasteiger partial charge in [0.2, 0.25) is 11.0 Å². The maximum absolute atomic E-state index is 12.1. The molecular weight excluding hydrogens is 404 g/mol. The number of amides is 2. The first-order valence-electron chi connectivity index (χ1n) is 10.5. The van der Waals surface area contributed by atoms with Crippen LogP contribution in [0.15, 0.2) is 12.1 Å². The highest BCUT2D eigenvalue weighted by atomic mass is 32.1. The molecule has 9 nitrogen and oxygen atoms in total. The number of hydrogen-bond acceptors (Lipinski definition) is 8. The molecule has 0 aliphatic heterocycles. The molecule has 1 aliphatic rings. The van der Waals surface area contributed by atoms with E-state index in [-0.39, 0.29) is 11.8 Å². The number of anilines is 2. The molecule has 0 bridgehead atoms. The normalized spacial score (nSPS) is 18.4.